The maximum absolute atomic E-state index is 13.3. The highest BCUT2D eigenvalue weighted by Gasteiger charge is 2.47. The molecule has 1 fully saturated rings. The molecule has 8 heteroatoms. The van der Waals surface area contributed by atoms with E-state index in [-0.39, 0.29) is 17.4 Å². The number of pyridine rings is 1. The summed E-state index contributed by atoms with van der Waals surface area (Å²) in [6.07, 6.45) is 2.85. The summed E-state index contributed by atoms with van der Waals surface area (Å²) < 4.78 is 11.0. The van der Waals surface area contributed by atoms with E-state index in [0.29, 0.717) is 40.7 Å². The number of ether oxygens (including phenoxy) is 2. The average Bonchev–Trinajstić information content (AvgIpc) is 3.17. The second-order valence-electron chi connectivity index (χ2n) is 9.69. The molecule has 3 aromatic rings. The fourth-order valence-corrected chi connectivity index (χ4v) is 4.14. The van der Waals surface area contributed by atoms with E-state index in [1.54, 1.807) is 74.8 Å². The molecule has 0 aliphatic carbocycles. The summed E-state index contributed by atoms with van der Waals surface area (Å²) >= 11 is 0. The van der Waals surface area contributed by atoms with Crippen LogP contribution in [0, 0.1) is 5.92 Å². The number of esters is 1. The first-order valence-electron chi connectivity index (χ1n) is 12.4. The topological polar surface area (TPSA) is 106 Å². The van der Waals surface area contributed by atoms with Crippen molar-refractivity contribution in [3.05, 3.63) is 95.3 Å². The summed E-state index contributed by atoms with van der Waals surface area (Å²) in [5, 5.41) is 11.4. The molecule has 1 aliphatic rings. The summed E-state index contributed by atoms with van der Waals surface area (Å²) in [6, 6.07) is 15.5. The Labute approximate surface area is 221 Å². The molecule has 0 saturated carbocycles. The van der Waals surface area contributed by atoms with Crippen LogP contribution in [0.4, 0.5) is 5.69 Å². The summed E-state index contributed by atoms with van der Waals surface area (Å²) in [5.74, 6) is -1.58. The third kappa shape index (κ3) is 5.59. The third-order valence-corrected chi connectivity index (χ3v) is 5.86. The number of amides is 1. The molecule has 8 nitrogen and oxygen atoms in total. The lowest BCUT2D eigenvalue weighted by molar-refractivity contribution is -0.132. The van der Waals surface area contributed by atoms with Gasteiger partial charge in [0.1, 0.15) is 11.5 Å². The first kappa shape index (κ1) is 26.6. The van der Waals surface area contributed by atoms with Gasteiger partial charge in [0.15, 0.2) is 0 Å². The first-order valence-corrected chi connectivity index (χ1v) is 12.4. The zero-order valence-electron chi connectivity index (χ0n) is 21.8. The molecular weight excluding hydrogens is 484 g/mol. The van der Waals surface area contributed by atoms with Gasteiger partial charge in [-0.2, -0.15) is 0 Å². The molecule has 0 bridgehead atoms. The Morgan fingerprint density at radius 1 is 1.00 bits per heavy atom. The molecule has 1 N–H and O–H groups in total. The Kier molecular flexibility index (Phi) is 7.90. The fourth-order valence-electron chi connectivity index (χ4n) is 4.14. The fraction of sp³-hybridized carbons (Fsp3) is 0.267. The van der Waals surface area contributed by atoms with Gasteiger partial charge < -0.3 is 14.6 Å². The van der Waals surface area contributed by atoms with E-state index >= 15 is 0 Å². The lowest BCUT2D eigenvalue weighted by Gasteiger charge is -2.25. The van der Waals surface area contributed by atoms with Crippen LogP contribution in [0.3, 0.4) is 0 Å². The second kappa shape index (κ2) is 11.3. The van der Waals surface area contributed by atoms with Crippen LogP contribution in [0.15, 0.2) is 78.6 Å². The van der Waals surface area contributed by atoms with Crippen LogP contribution in [0.2, 0.25) is 0 Å². The molecule has 1 aliphatic heterocycles. The predicted octanol–water partition coefficient (Wildman–Crippen LogP) is 5.31. The van der Waals surface area contributed by atoms with Crippen molar-refractivity contribution in [3.63, 3.8) is 0 Å². The highest BCUT2D eigenvalue weighted by molar-refractivity contribution is 6.51. The Morgan fingerprint density at radius 3 is 2.37 bits per heavy atom. The van der Waals surface area contributed by atoms with Crippen molar-refractivity contribution >= 4 is 29.1 Å². The number of carbonyl (C=O) groups excluding carboxylic acids is 3. The SMILES string of the molecule is CC(C)COc1cccc(/C(O)=C2\C(=O)C(=O)N(c3ccc(C(=O)OC(C)C)cc3)C2c2cccnc2)c1. The maximum atomic E-state index is 13.3. The largest absolute Gasteiger partial charge is 0.507 e. The average molecular weight is 515 g/mol. The van der Waals surface area contributed by atoms with Gasteiger partial charge in [-0.25, -0.2) is 4.79 Å². The summed E-state index contributed by atoms with van der Waals surface area (Å²) in [5.41, 5.74) is 1.53. The van der Waals surface area contributed by atoms with Gasteiger partial charge in [0.2, 0.25) is 0 Å². The van der Waals surface area contributed by atoms with Crippen molar-refractivity contribution in [3.8, 4) is 5.75 Å². The molecule has 196 valence electrons. The minimum atomic E-state index is -0.933. The standard InChI is InChI=1S/C30H30N2O6/c1-18(2)17-37-24-9-5-7-21(15-24)27(33)25-26(22-8-6-14-31-16-22)32(29(35)28(25)34)23-12-10-20(11-13-23)30(36)38-19(3)4/h5-16,18-19,26,33H,17H2,1-4H3/b27-25+. The number of anilines is 1. The number of aromatic nitrogens is 1. The Morgan fingerprint density at radius 2 is 1.74 bits per heavy atom. The van der Waals surface area contributed by atoms with Gasteiger partial charge in [0.05, 0.1) is 29.9 Å². The minimum Gasteiger partial charge on any atom is -0.507 e. The van der Waals surface area contributed by atoms with E-state index in [0.717, 1.165) is 0 Å². The number of ketones is 1. The molecule has 1 saturated heterocycles. The smallest absolute Gasteiger partial charge is 0.338 e. The van der Waals surface area contributed by atoms with Gasteiger partial charge in [-0.05, 0) is 67.8 Å². The zero-order valence-corrected chi connectivity index (χ0v) is 21.8. The van der Waals surface area contributed by atoms with Crippen molar-refractivity contribution in [2.75, 3.05) is 11.5 Å². The zero-order chi connectivity index (χ0) is 27.4. The number of carbonyl (C=O) groups is 3. The molecule has 1 atom stereocenters. The van der Waals surface area contributed by atoms with E-state index in [1.807, 2.05) is 13.8 Å². The molecule has 1 aromatic heterocycles. The van der Waals surface area contributed by atoms with Crippen LogP contribution in [0.25, 0.3) is 5.76 Å². The number of rotatable bonds is 8. The van der Waals surface area contributed by atoms with Gasteiger partial charge in [0, 0.05) is 23.6 Å². The van der Waals surface area contributed by atoms with E-state index in [9.17, 15) is 19.5 Å². The molecule has 2 heterocycles. The highest BCUT2D eigenvalue weighted by Crippen LogP contribution is 2.42. The predicted molar refractivity (Wildman–Crippen MR) is 143 cm³/mol. The quantitative estimate of drug-likeness (QED) is 0.188. The van der Waals surface area contributed by atoms with Crippen LogP contribution < -0.4 is 9.64 Å². The normalized spacial score (nSPS) is 16.8. The van der Waals surface area contributed by atoms with Crippen molar-refractivity contribution in [1.29, 1.82) is 0 Å². The summed E-state index contributed by atoms with van der Waals surface area (Å²) in [4.78, 5) is 44.4. The minimum absolute atomic E-state index is 0.0627. The molecular formula is C30H30N2O6. The summed E-state index contributed by atoms with van der Waals surface area (Å²) in [7, 11) is 0. The molecule has 0 radical (unpaired) electrons. The van der Waals surface area contributed by atoms with Crippen LogP contribution in [-0.4, -0.2) is 40.5 Å². The number of Topliss-reactive ketones (excluding diaryl/α,β-unsaturated/α-hetero) is 1. The number of hydrogen-bond donors (Lipinski definition) is 1. The molecule has 38 heavy (non-hydrogen) atoms. The lowest BCUT2D eigenvalue weighted by atomic mass is 9.96. The number of nitrogens with zero attached hydrogens (tertiary/aromatic N) is 2. The van der Waals surface area contributed by atoms with Gasteiger partial charge >= 0.3 is 5.97 Å². The number of benzene rings is 2. The van der Waals surface area contributed by atoms with E-state index < -0.39 is 23.7 Å². The summed E-state index contributed by atoms with van der Waals surface area (Å²) in [6.45, 7) is 8.06. The lowest BCUT2D eigenvalue weighted by Crippen LogP contribution is -2.29. The monoisotopic (exact) mass is 514 g/mol. The van der Waals surface area contributed by atoms with Crippen molar-refractivity contribution < 1.29 is 29.0 Å². The van der Waals surface area contributed by atoms with Crippen LogP contribution in [-0.2, 0) is 14.3 Å². The molecule has 4 rings (SSSR count). The first-order chi connectivity index (χ1) is 18.2. The number of aliphatic hydroxyl groups is 1. The Hall–Kier alpha value is -4.46. The maximum Gasteiger partial charge on any atom is 0.338 e. The van der Waals surface area contributed by atoms with Gasteiger partial charge in [-0.15, -0.1) is 0 Å². The molecule has 2 aromatic carbocycles. The van der Waals surface area contributed by atoms with Crippen molar-refractivity contribution in [1.82, 2.24) is 4.98 Å². The van der Waals surface area contributed by atoms with Crippen LogP contribution >= 0.6 is 0 Å². The van der Waals surface area contributed by atoms with Gasteiger partial charge in [-0.1, -0.05) is 32.0 Å². The second-order valence-corrected chi connectivity index (χ2v) is 9.69. The van der Waals surface area contributed by atoms with Gasteiger partial charge in [-0.3, -0.25) is 19.5 Å². The van der Waals surface area contributed by atoms with E-state index in [4.69, 9.17) is 9.47 Å². The molecule has 1 amide bonds. The van der Waals surface area contributed by atoms with E-state index in [1.165, 1.54) is 17.0 Å². The highest BCUT2D eigenvalue weighted by atomic mass is 16.5. The van der Waals surface area contributed by atoms with Crippen molar-refractivity contribution in [2.45, 2.75) is 39.8 Å². The number of hydrogen-bond acceptors (Lipinski definition) is 7. The molecule has 0 spiro atoms. The third-order valence-electron chi connectivity index (χ3n) is 5.86. The molecule has 1 unspecified atom stereocenters. The van der Waals surface area contributed by atoms with E-state index in [2.05, 4.69) is 4.98 Å². The van der Waals surface area contributed by atoms with Crippen LogP contribution in [0.1, 0.15) is 55.2 Å². The van der Waals surface area contributed by atoms with Crippen molar-refractivity contribution in [2.24, 2.45) is 5.92 Å². The van der Waals surface area contributed by atoms with Gasteiger partial charge in [0.25, 0.3) is 11.7 Å². The van der Waals surface area contributed by atoms with Crippen LogP contribution in [0.5, 0.6) is 5.75 Å². The Balaban J connectivity index is 1.78. The Bertz CT molecular complexity index is 1360. The number of aliphatic hydroxyl groups excluding tert-OH is 1.